The number of benzene rings is 1. The van der Waals surface area contributed by atoms with E-state index in [-0.39, 0.29) is 30.4 Å². The van der Waals surface area contributed by atoms with Crippen molar-refractivity contribution in [3.63, 3.8) is 0 Å². The van der Waals surface area contributed by atoms with Gasteiger partial charge in [0.05, 0.1) is 18.8 Å². The third-order valence-corrected chi connectivity index (χ3v) is 3.23. The van der Waals surface area contributed by atoms with Gasteiger partial charge in [-0.15, -0.1) is 13.2 Å². The Labute approximate surface area is 132 Å². The van der Waals surface area contributed by atoms with Crippen LogP contribution in [0, 0.1) is 0 Å². The second kappa shape index (κ2) is 7.18. The van der Waals surface area contributed by atoms with Crippen LogP contribution in [-0.2, 0) is 9.53 Å². The van der Waals surface area contributed by atoms with E-state index in [0.717, 1.165) is 12.1 Å². The first-order valence-electron chi connectivity index (χ1n) is 7.25. The zero-order valence-corrected chi connectivity index (χ0v) is 12.9. The van der Waals surface area contributed by atoms with Crippen LogP contribution >= 0.6 is 0 Å². The van der Waals surface area contributed by atoms with Gasteiger partial charge in [0.1, 0.15) is 5.75 Å². The molecule has 1 aromatic carbocycles. The van der Waals surface area contributed by atoms with Crippen LogP contribution in [-0.4, -0.2) is 49.0 Å². The second-order valence-electron chi connectivity index (χ2n) is 5.57. The lowest BCUT2D eigenvalue weighted by Gasteiger charge is -2.34. The molecule has 128 valence electrons. The Balaban J connectivity index is 1.85. The summed E-state index contributed by atoms with van der Waals surface area (Å²) in [7, 11) is 0. The summed E-state index contributed by atoms with van der Waals surface area (Å²) in [5.41, 5.74) is 0.416. The Hall–Kier alpha value is -1.80. The molecule has 23 heavy (non-hydrogen) atoms. The summed E-state index contributed by atoms with van der Waals surface area (Å²) in [6.07, 6.45) is -4.61. The summed E-state index contributed by atoms with van der Waals surface area (Å²) in [6, 6.07) is 5.04. The number of hydrogen-bond donors (Lipinski definition) is 1. The molecule has 8 heteroatoms. The van der Waals surface area contributed by atoms with Crippen LogP contribution in [0.4, 0.5) is 18.9 Å². The normalized spacial score (nSPS) is 22.7. The number of anilines is 1. The third kappa shape index (κ3) is 6.07. The van der Waals surface area contributed by atoms with Crippen molar-refractivity contribution in [3.8, 4) is 5.75 Å². The number of halogens is 3. The second-order valence-corrected chi connectivity index (χ2v) is 5.57. The Morgan fingerprint density at radius 1 is 1.26 bits per heavy atom. The summed E-state index contributed by atoms with van der Waals surface area (Å²) < 4.78 is 45.6. The molecule has 1 aliphatic rings. The number of carbonyl (C=O) groups excluding carboxylic acids is 1. The predicted molar refractivity (Wildman–Crippen MR) is 78.2 cm³/mol. The molecule has 1 aromatic rings. The number of ether oxygens (including phenoxy) is 2. The minimum absolute atomic E-state index is 0.0605. The van der Waals surface area contributed by atoms with Crippen LogP contribution in [0.25, 0.3) is 0 Å². The van der Waals surface area contributed by atoms with E-state index < -0.39 is 6.36 Å². The van der Waals surface area contributed by atoms with Gasteiger partial charge in [0.15, 0.2) is 0 Å². The molecule has 0 aromatic heterocycles. The summed E-state index contributed by atoms with van der Waals surface area (Å²) in [6.45, 7) is 5.42. The molecule has 1 amide bonds. The zero-order chi connectivity index (χ0) is 17.0. The Kier molecular flexibility index (Phi) is 5.48. The van der Waals surface area contributed by atoms with Crippen LogP contribution < -0.4 is 10.1 Å². The maximum absolute atomic E-state index is 12.1. The molecule has 1 saturated heterocycles. The van der Waals surface area contributed by atoms with Gasteiger partial charge in [-0.1, -0.05) is 0 Å². The van der Waals surface area contributed by atoms with E-state index in [9.17, 15) is 18.0 Å². The Morgan fingerprint density at radius 3 is 2.35 bits per heavy atom. The first-order chi connectivity index (χ1) is 10.7. The molecule has 2 rings (SSSR count). The Morgan fingerprint density at radius 2 is 1.83 bits per heavy atom. The lowest BCUT2D eigenvalue weighted by molar-refractivity contribution is -0.274. The summed E-state index contributed by atoms with van der Waals surface area (Å²) >= 11 is 0. The highest BCUT2D eigenvalue weighted by atomic mass is 19.4. The molecular formula is C15H19F3N2O3. The molecule has 1 N–H and O–H groups in total. The summed E-state index contributed by atoms with van der Waals surface area (Å²) in [5.74, 6) is -0.554. The van der Waals surface area contributed by atoms with Crippen molar-refractivity contribution < 1.29 is 27.4 Å². The van der Waals surface area contributed by atoms with E-state index in [1.165, 1.54) is 12.1 Å². The number of alkyl halides is 3. The number of nitrogens with zero attached hydrogens (tertiary/aromatic N) is 1. The maximum atomic E-state index is 12.1. The molecule has 5 nitrogen and oxygen atoms in total. The van der Waals surface area contributed by atoms with E-state index >= 15 is 0 Å². The van der Waals surface area contributed by atoms with Gasteiger partial charge < -0.3 is 14.8 Å². The number of carbonyl (C=O) groups is 1. The quantitative estimate of drug-likeness (QED) is 0.921. The average molecular weight is 332 g/mol. The van der Waals surface area contributed by atoms with Gasteiger partial charge in [0.2, 0.25) is 5.91 Å². The van der Waals surface area contributed by atoms with Crippen LogP contribution in [0.15, 0.2) is 24.3 Å². The SMILES string of the molecule is C[C@@H]1CN(CC(=O)Nc2ccc(OC(F)(F)F)cc2)C[C@H](C)O1. The highest BCUT2D eigenvalue weighted by Crippen LogP contribution is 2.24. The highest BCUT2D eigenvalue weighted by Gasteiger charge is 2.31. The molecule has 0 aliphatic carbocycles. The van der Waals surface area contributed by atoms with E-state index in [2.05, 4.69) is 10.1 Å². The number of amides is 1. The van der Waals surface area contributed by atoms with Gasteiger partial charge in [0.25, 0.3) is 0 Å². The van der Waals surface area contributed by atoms with Gasteiger partial charge >= 0.3 is 6.36 Å². The average Bonchev–Trinajstić information content (AvgIpc) is 2.38. The molecule has 0 spiro atoms. The summed E-state index contributed by atoms with van der Waals surface area (Å²) in [4.78, 5) is 14.0. The van der Waals surface area contributed by atoms with Gasteiger partial charge in [-0.2, -0.15) is 0 Å². The van der Waals surface area contributed by atoms with Crippen LogP contribution in [0.1, 0.15) is 13.8 Å². The van der Waals surface area contributed by atoms with Crippen molar-refractivity contribution in [1.82, 2.24) is 4.90 Å². The van der Waals surface area contributed by atoms with Gasteiger partial charge in [-0.25, -0.2) is 0 Å². The lowest BCUT2D eigenvalue weighted by Crippen LogP contribution is -2.48. The van der Waals surface area contributed by atoms with Crippen LogP contribution in [0.5, 0.6) is 5.75 Å². The largest absolute Gasteiger partial charge is 0.573 e. The number of nitrogens with one attached hydrogen (secondary N) is 1. The van der Waals surface area contributed by atoms with E-state index in [1.807, 2.05) is 18.7 Å². The number of morpholine rings is 1. The number of hydrogen-bond acceptors (Lipinski definition) is 4. The standard InChI is InChI=1S/C15H19F3N2O3/c1-10-7-20(8-11(2)22-10)9-14(21)19-12-3-5-13(6-4-12)23-15(16,17)18/h3-6,10-11H,7-9H2,1-2H3,(H,19,21)/t10-,11+. The zero-order valence-electron chi connectivity index (χ0n) is 12.9. The van der Waals surface area contributed by atoms with Crippen molar-refractivity contribution in [3.05, 3.63) is 24.3 Å². The van der Waals surface area contributed by atoms with Crippen molar-refractivity contribution >= 4 is 11.6 Å². The van der Waals surface area contributed by atoms with Crippen molar-refractivity contribution in [2.75, 3.05) is 25.0 Å². The molecule has 1 heterocycles. The molecule has 0 bridgehead atoms. The molecule has 1 fully saturated rings. The molecular weight excluding hydrogens is 313 g/mol. The highest BCUT2D eigenvalue weighted by molar-refractivity contribution is 5.92. The summed E-state index contributed by atoms with van der Waals surface area (Å²) in [5, 5.41) is 2.65. The Bertz CT molecular complexity index is 524. The predicted octanol–water partition coefficient (Wildman–Crippen LogP) is 2.63. The number of rotatable bonds is 4. The van der Waals surface area contributed by atoms with Crippen molar-refractivity contribution in [1.29, 1.82) is 0 Å². The smallest absolute Gasteiger partial charge is 0.406 e. The van der Waals surface area contributed by atoms with Crippen LogP contribution in [0.3, 0.4) is 0 Å². The molecule has 0 saturated carbocycles. The van der Waals surface area contributed by atoms with Gasteiger partial charge in [-0.3, -0.25) is 9.69 Å². The lowest BCUT2D eigenvalue weighted by atomic mass is 10.2. The minimum Gasteiger partial charge on any atom is -0.406 e. The molecule has 2 atom stereocenters. The molecule has 0 radical (unpaired) electrons. The third-order valence-electron chi connectivity index (χ3n) is 3.23. The first kappa shape index (κ1) is 17.6. The van der Waals surface area contributed by atoms with E-state index in [1.54, 1.807) is 0 Å². The van der Waals surface area contributed by atoms with Crippen molar-refractivity contribution in [2.45, 2.75) is 32.4 Å². The van der Waals surface area contributed by atoms with Gasteiger partial charge in [0, 0.05) is 18.8 Å². The fourth-order valence-electron chi connectivity index (χ4n) is 2.56. The van der Waals surface area contributed by atoms with E-state index in [4.69, 9.17) is 4.74 Å². The fraction of sp³-hybridized carbons (Fsp3) is 0.533. The minimum atomic E-state index is -4.73. The fourth-order valence-corrected chi connectivity index (χ4v) is 2.56. The van der Waals surface area contributed by atoms with Crippen LogP contribution in [0.2, 0.25) is 0 Å². The van der Waals surface area contributed by atoms with E-state index in [0.29, 0.717) is 18.8 Å². The molecule has 0 unspecified atom stereocenters. The van der Waals surface area contributed by atoms with Crippen molar-refractivity contribution in [2.24, 2.45) is 0 Å². The topological polar surface area (TPSA) is 50.8 Å². The maximum Gasteiger partial charge on any atom is 0.573 e. The first-order valence-corrected chi connectivity index (χ1v) is 7.25. The monoisotopic (exact) mass is 332 g/mol. The van der Waals surface area contributed by atoms with Gasteiger partial charge in [-0.05, 0) is 38.1 Å². The molecule has 1 aliphatic heterocycles.